The van der Waals surface area contributed by atoms with Crippen LogP contribution in [-0.4, -0.2) is 0 Å². The molecule has 0 aliphatic carbocycles. The minimum absolute atomic E-state index is 0.728. The Kier molecular flexibility index (Phi) is 5.45. The topological polar surface area (TPSA) is 48.0 Å². The number of nitrogens with zero attached hydrogens (tertiary/aromatic N) is 1. The van der Waals surface area contributed by atoms with Gasteiger partial charge in [0, 0.05) is 41.7 Å². The van der Waals surface area contributed by atoms with E-state index in [0.29, 0.717) is 0 Å². The van der Waals surface area contributed by atoms with E-state index in [0.717, 1.165) is 106 Å². The fourth-order valence-corrected chi connectivity index (χ4v) is 9.82. The van der Waals surface area contributed by atoms with Crippen LogP contribution in [0.5, 0.6) is 23.0 Å². The van der Waals surface area contributed by atoms with Gasteiger partial charge in [0.1, 0.15) is 28.0 Å². The van der Waals surface area contributed by atoms with E-state index in [9.17, 15) is 0 Å². The number of benzene rings is 8. The quantitative estimate of drug-likeness (QED) is 0.179. The Morgan fingerprint density at radius 1 is 0.389 bits per heavy atom. The van der Waals surface area contributed by atoms with Crippen LogP contribution in [0.4, 0.5) is 17.1 Å². The summed E-state index contributed by atoms with van der Waals surface area (Å²) in [5.74, 6) is 3.04. The van der Waals surface area contributed by atoms with Crippen LogP contribution < -0.4 is 14.4 Å². The molecule has 0 atom stereocenters. The van der Waals surface area contributed by atoms with Crippen molar-refractivity contribution in [3.05, 3.63) is 152 Å². The first-order valence-electron chi connectivity index (χ1n) is 18.0. The molecule has 3 aromatic heterocycles. The third-order valence-electron chi connectivity index (χ3n) is 11.0. The second-order valence-electron chi connectivity index (χ2n) is 14.0. The molecule has 0 saturated carbocycles. The van der Waals surface area contributed by atoms with Crippen LogP contribution in [0, 0.1) is 0 Å². The van der Waals surface area contributed by atoms with E-state index in [4.69, 9.17) is 18.3 Å². The average molecular weight is 712 g/mol. The number of anilines is 3. The molecule has 54 heavy (non-hydrogen) atoms. The van der Waals surface area contributed by atoms with Gasteiger partial charge in [-0.05, 0) is 89.0 Å². The first-order chi connectivity index (χ1) is 26.7. The summed E-state index contributed by atoms with van der Waals surface area (Å²) in [6.07, 6.45) is 0. The maximum Gasteiger partial charge on any atom is 0.156 e. The Morgan fingerprint density at radius 3 is 1.67 bits per heavy atom. The van der Waals surface area contributed by atoms with Crippen molar-refractivity contribution in [1.82, 2.24) is 0 Å². The summed E-state index contributed by atoms with van der Waals surface area (Å²) in [5.41, 5.74) is 10.5. The smallest absolute Gasteiger partial charge is 0.156 e. The number of hydrogen-bond acceptors (Lipinski definition) is 6. The van der Waals surface area contributed by atoms with Crippen LogP contribution in [0.15, 0.2) is 160 Å². The third-order valence-corrected chi connectivity index (χ3v) is 12.2. The lowest BCUT2D eigenvalue weighted by atomic mass is 9.96. The molecule has 11 aromatic rings. The molecule has 0 N–H and O–H groups in total. The number of fused-ring (bicyclic) bond motifs is 13. The van der Waals surface area contributed by atoms with Crippen molar-refractivity contribution in [2.24, 2.45) is 0 Å². The molecular weight excluding hydrogens is 687 g/mol. The van der Waals surface area contributed by atoms with Crippen molar-refractivity contribution < 1.29 is 18.3 Å². The van der Waals surface area contributed by atoms with E-state index in [1.54, 1.807) is 11.3 Å². The van der Waals surface area contributed by atoms with Gasteiger partial charge in [-0.1, -0.05) is 84.9 Å². The molecule has 6 heteroatoms. The van der Waals surface area contributed by atoms with Crippen molar-refractivity contribution in [1.29, 1.82) is 0 Å². The highest BCUT2D eigenvalue weighted by molar-refractivity contribution is 7.25. The number of hydrogen-bond donors (Lipinski definition) is 0. The van der Waals surface area contributed by atoms with Crippen LogP contribution in [-0.2, 0) is 0 Å². The van der Waals surface area contributed by atoms with Crippen molar-refractivity contribution in [2.75, 3.05) is 4.90 Å². The van der Waals surface area contributed by atoms with E-state index >= 15 is 0 Å². The molecule has 5 nitrogen and oxygen atoms in total. The first kappa shape index (κ1) is 28.6. The predicted molar refractivity (Wildman–Crippen MR) is 220 cm³/mol. The molecule has 2 aliphatic heterocycles. The zero-order valence-corrected chi connectivity index (χ0v) is 29.2. The van der Waals surface area contributed by atoms with Crippen LogP contribution in [0.3, 0.4) is 0 Å². The molecular formula is C48H25NO4S. The molecule has 13 rings (SSSR count). The summed E-state index contributed by atoms with van der Waals surface area (Å²) in [5, 5.41) is 6.75. The van der Waals surface area contributed by atoms with Gasteiger partial charge >= 0.3 is 0 Å². The molecule has 252 valence electrons. The highest BCUT2D eigenvalue weighted by Crippen LogP contribution is 2.62. The summed E-state index contributed by atoms with van der Waals surface area (Å²) in [6.45, 7) is 0. The average Bonchev–Trinajstić information content (AvgIpc) is 3.90. The van der Waals surface area contributed by atoms with E-state index in [1.807, 2.05) is 36.4 Å². The van der Waals surface area contributed by atoms with Gasteiger partial charge in [-0.3, -0.25) is 4.90 Å². The summed E-state index contributed by atoms with van der Waals surface area (Å²) in [6, 6.07) is 52.8. The SMILES string of the molecule is c1ccc2c(c1)oc1cccc(-c3ccc4c(c3)Oc3cc(-c5cccc6oc7ccccc7c56)cc5c3N4c3cc4sc6ccccc6c4cc3O5)c12. The Hall–Kier alpha value is -7.02. The Balaban J connectivity index is 1.06. The molecule has 0 spiro atoms. The van der Waals surface area contributed by atoms with Gasteiger partial charge in [0.25, 0.3) is 0 Å². The van der Waals surface area contributed by atoms with Crippen LogP contribution >= 0.6 is 11.3 Å². The molecule has 0 amide bonds. The summed E-state index contributed by atoms with van der Waals surface area (Å²) >= 11 is 1.81. The largest absolute Gasteiger partial charge is 0.456 e. The summed E-state index contributed by atoms with van der Waals surface area (Å²) in [7, 11) is 0. The van der Waals surface area contributed by atoms with Crippen molar-refractivity contribution in [3.63, 3.8) is 0 Å². The van der Waals surface area contributed by atoms with Gasteiger partial charge in [-0.2, -0.15) is 0 Å². The molecule has 0 bridgehead atoms. The van der Waals surface area contributed by atoms with Crippen LogP contribution in [0.25, 0.3) is 86.3 Å². The molecule has 0 unspecified atom stereocenters. The molecule has 0 radical (unpaired) electrons. The summed E-state index contributed by atoms with van der Waals surface area (Å²) in [4.78, 5) is 2.32. The highest BCUT2D eigenvalue weighted by atomic mass is 32.1. The van der Waals surface area contributed by atoms with Crippen LogP contribution in [0.2, 0.25) is 0 Å². The molecule has 2 aliphatic rings. The molecule has 0 saturated heterocycles. The number of ether oxygens (including phenoxy) is 2. The lowest BCUT2D eigenvalue weighted by Gasteiger charge is -2.38. The Bertz CT molecular complexity index is 3420. The number of furan rings is 2. The fourth-order valence-electron chi connectivity index (χ4n) is 8.70. The first-order valence-corrected chi connectivity index (χ1v) is 18.8. The number of para-hydroxylation sites is 2. The second kappa shape index (κ2) is 10.3. The summed E-state index contributed by atoms with van der Waals surface area (Å²) < 4.78 is 29.0. The van der Waals surface area contributed by atoms with Crippen LogP contribution in [0.1, 0.15) is 0 Å². The molecule has 5 heterocycles. The Labute approximate surface area is 311 Å². The van der Waals surface area contributed by atoms with Gasteiger partial charge in [0.2, 0.25) is 0 Å². The zero-order chi connectivity index (χ0) is 35.1. The maximum absolute atomic E-state index is 7.00. The lowest BCUT2D eigenvalue weighted by Crippen LogP contribution is -2.20. The van der Waals surface area contributed by atoms with E-state index in [2.05, 4.69) is 120 Å². The Morgan fingerprint density at radius 2 is 0.963 bits per heavy atom. The zero-order valence-electron chi connectivity index (χ0n) is 28.4. The van der Waals surface area contributed by atoms with E-state index < -0.39 is 0 Å². The normalized spacial score (nSPS) is 13.1. The second-order valence-corrected chi connectivity index (χ2v) is 15.1. The van der Waals surface area contributed by atoms with E-state index in [1.165, 1.54) is 20.2 Å². The van der Waals surface area contributed by atoms with Gasteiger partial charge < -0.3 is 18.3 Å². The standard InChI is InChI=1S/C48H25NO4S/c1-4-14-36-31(10-1)46-28(12-7-16-38(46)50-36)26-19-20-34-40(21-26)52-42-22-27(29-13-8-17-39-47(29)32-11-2-5-15-37(32)51-39)23-43-48(42)49(34)35-25-45-33(24-41(35)53-43)30-9-3-6-18-44(30)54-45/h1-25H. The predicted octanol–water partition coefficient (Wildman–Crippen LogP) is 14.9. The maximum atomic E-state index is 7.00. The van der Waals surface area contributed by atoms with Crippen molar-refractivity contribution in [3.8, 4) is 45.3 Å². The van der Waals surface area contributed by atoms with Gasteiger partial charge in [0.15, 0.2) is 23.0 Å². The minimum atomic E-state index is 0.728. The number of thiophene rings is 1. The van der Waals surface area contributed by atoms with Gasteiger partial charge in [0.05, 0.1) is 11.4 Å². The van der Waals surface area contributed by atoms with Crippen molar-refractivity contribution >= 4 is 92.4 Å². The highest BCUT2D eigenvalue weighted by Gasteiger charge is 2.36. The van der Waals surface area contributed by atoms with Crippen molar-refractivity contribution in [2.45, 2.75) is 0 Å². The van der Waals surface area contributed by atoms with E-state index in [-0.39, 0.29) is 0 Å². The van der Waals surface area contributed by atoms with Gasteiger partial charge in [-0.15, -0.1) is 11.3 Å². The lowest BCUT2D eigenvalue weighted by molar-refractivity contribution is 0.447. The molecule has 8 aromatic carbocycles. The van der Waals surface area contributed by atoms with Gasteiger partial charge in [-0.25, -0.2) is 0 Å². The third kappa shape index (κ3) is 3.82. The monoisotopic (exact) mass is 711 g/mol. The fraction of sp³-hybridized carbons (Fsp3) is 0. The number of rotatable bonds is 2. The molecule has 0 fully saturated rings. The minimum Gasteiger partial charge on any atom is -0.456 e.